The van der Waals surface area contributed by atoms with Gasteiger partial charge in [0.05, 0.1) is 6.10 Å². The summed E-state index contributed by atoms with van der Waals surface area (Å²) in [6, 6.07) is 0. The van der Waals surface area contributed by atoms with E-state index in [-0.39, 0.29) is 6.10 Å². The highest BCUT2D eigenvalue weighted by Gasteiger charge is 2.62. The Kier molecular flexibility index (Phi) is 3.38. The average Bonchev–Trinajstić information content (AvgIpc) is 2.96. The van der Waals surface area contributed by atoms with Crippen molar-refractivity contribution in [3.05, 3.63) is 12.2 Å². The topological polar surface area (TPSA) is 37.3 Å². The van der Waals surface area contributed by atoms with Crippen molar-refractivity contribution in [3.63, 3.8) is 0 Å². The molecule has 4 saturated carbocycles. The second kappa shape index (κ2) is 5.19. The van der Waals surface area contributed by atoms with E-state index in [9.17, 15) is 9.90 Å². The number of rotatable bonds is 0. The van der Waals surface area contributed by atoms with Gasteiger partial charge < -0.3 is 5.11 Å². The molecule has 1 spiro atoms. The van der Waals surface area contributed by atoms with E-state index in [1.54, 1.807) is 0 Å². The lowest BCUT2D eigenvalue weighted by Crippen LogP contribution is -2.55. The van der Waals surface area contributed by atoms with E-state index in [0.29, 0.717) is 22.5 Å². The molecule has 0 aromatic heterocycles. The normalized spacial score (nSPS) is 56.2. The Morgan fingerprint density at radius 3 is 2.79 bits per heavy atom. The molecule has 0 bridgehead atoms. The minimum Gasteiger partial charge on any atom is -0.393 e. The number of fused-ring (bicyclic) bond motifs is 4. The molecule has 2 heteroatoms. The number of carbonyl (C=O) groups excluding carboxylic acids is 1. The zero-order valence-electron chi connectivity index (χ0n) is 15.0. The van der Waals surface area contributed by atoms with Gasteiger partial charge in [0.25, 0.3) is 0 Å². The highest BCUT2D eigenvalue weighted by atomic mass is 16.3. The van der Waals surface area contributed by atoms with Crippen LogP contribution >= 0.6 is 0 Å². The number of aliphatic hydroxyl groups is 1. The van der Waals surface area contributed by atoms with Gasteiger partial charge in [-0.2, -0.15) is 0 Å². The molecule has 0 saturated heterocycles. The first kappa shape index (κ1) is 15.6. The summed E-state index contributed by atoms with van der Waals surface area (Å²) in [5, 5.41) is 10.1. The zero-order valence-corrected chi connectivity index (χ0v) is 15.0. The van der Waals surface area contributed by atoms with Crippen LogP contribution in [0.25, 0.3) is 0 Å². The third kappa shape index (κ3) is 1.90. The van der Waals surface area contributed by atoms with Gasteiger partial charge in [-0.15, -0.1) is 0 Å². The molecular formula is C22H32O2. The number of aliphatic hydroxyl groups excluding tert-OH is 1. The first-order valence-electron chi connectivity index (χ1n) is 10.4. The number of allylic oxidation sites excluding steroid dienone is 2. The van der Waals surface area contributed by atoms with Crippen LogP contribution in [0.3, 0.4) is 0 Å². The summed E-state index contributed by atoms with van der Waals surface area (Å²) < 4.78 is 0. The van der Waals surface area contributed by atoms with E-state index in [2.05, 4.69) is 13.0 Å². The average molecular weight is 328 g/mol. The smallest absolute Gasteiger partial charge is 0.159 e. The van der Waals surface area contributed by atoms with Gasteiger partial charge in [-0.25, -0.2) is 0 Å². The van der Waals surface area contributed by atoms with E-state index in [0.717, 1.165) is 49.4 Å². The van der Waals surface area contributed by atoms with Crippen LogP contribution < -0.4 is 0 Å². The lowest BCUT2D eigenvalue weighted by molar-refractivity contribution is -0.140. The van der Waals surface area contributed by atoms with Crippen molar-refractivity contribution in [2.45, 2.75) is 77.2 Å². The first-order valence-corrected chi connectivity index (χ1v) is 10.4. The monoisotopic (exact) mass is 328 g/mol. The lowest BCUT2D eigenvalue weighted by Gasteiger charge is -2.61. The molecule has 132 valence electrons. The Bertz CT molecular complexity index is 581. The summed E-state index contributed by atoms with van der Waals surface area (Å²) in [5.74, 6) is 4.00. The fraction of sp³-hybridized carbons (Fsp3) is 0.864. The van der Waals surface area contributed by atoms with Crippen molar-refractivity contribution in [2.75, 3.05) is 0 Å². The molecule has 2 nitrogen and oxygen atoms in total. The Labute approximate surface area is 146 Å². The van der Waals surface area contributed by atoms with E-state index >= 15 is 0 Å². The van der Waals surface area contributed by atoms with Crippen LogP contribution in [0.4, 0.5) is 0 Å². The Morgan fingerprint density at radius 2 is 1.92 bits per heavy atom. The van der Waals surface area contributed by atoms with Crippen LogP contribution in [-0.2, 0) is 4.79 Å². The maximum absolute atomic E-state index is 12.5. The number of carbonyl (C=O) groups is 1. The fourth-order valence-corrected chi connectivity index (χ4v) is 8.38. The summed E-state index contributed by atoms with van der Waals surface area (Å²) >= 11 is 0. The van der Waals surface area contributed by atoms with E-state index in [4.69, 9.17) is 0 Å². The van der Waals surface area contributed by atoms with Gasteiger partial charge in [0.2, 0.25) is 0 Å². The molecule has 5 rings (SSSR count). The minimum absolute atomic E-state index is 0.0495. The fourth-order valence-electron chi connectivity index (χ4n) is 8.38. The van der Waals surface area contributed by atoms with Crippen molar-refractivity contribution in [3.8, 4) is 0 Å². The number of hydrogen-bond donors (Lipinski definition) is 1. The molecule has 4 fully saturated rings. The largest absolute Gasteiger partial charge is 0.393 e. The van der Waals surface area contributed by atoms with Crippen molar-refractivity contribution in [2.24, 2.45) is 40.4 Å². The zero-order chi connectivity index (χ0) is 16.5. The van der Waals surface area contributed by atoms with Gasteiger partial charge in [0.15, 0.2) is 5.78 Å². The highest BCUT2D eigenvalue weighted by molar-refractivity contribution is 5.93. The molecular weight excluding hydrogens is 296 g/mol. The minimum atomic E-state index is -0.0495. The van der Waals surface area contributed by atoms with Crippen LogP contribution in [0, 0.1) is 40.4 Å². The molecule has 0 aliphatic heterocycles. The molecule has 8 atom stereocenters. The molecule has 0 aromatic rings. The van der Waals surface area contributed by atoms with E-state index in [1.807, 2.05) is 6.08 Å². The van der Waals surface area contributed by atoms with Gasteiger partial charge in [-0.1, -0.05) is 13.0 Å². The summed E-state index contributed by atoms with van der Waals surface area (Å²) in [6.07, 6.45) is 16.2. The van der Waals surface area contributed by atoms with Crippen LogP contribution in [0.1, 0.15) is 71.1 Å². The quantitative estimate of drug-likeness (QED) is 0.710. The molecule has 3 unspecified atom stereocenters. The van der Waals surface area contributed by atoms with Crippen molar-refractivity contribution < 1.29 is 9.90 Å². The molecule has 0 radical (unpaired) electrons. The standard InChI is InChI=1S/C22H32O2/c1-21-11-8-15(23)13-14(21)4-5-16-17(21)9-12-22-10-2-3-20(24)19(22)7-6-18(16)22/h2-3,14-19,23H,4-13H2,1H3/t14-,15-,16?,17?,18?,19-,21+,22+/m1/s1. The molecule has 5 aliphatic rings. The third-order valence-corrected chi connectivity index (χ3v) is 9.48. The Morgan fingerprint density at radius 1 is 1.04 bits per heavy atom. The van der Waals surface area contributed by atoms with Crippen molar-refractivity contribution >= 4 is 5.78 Å². The van der Waals surface area contributed by atoms with Gasteiger partial charge in [-0.3, -0.25) is 4.79 Å². The lowest BCUT2D eigenvalue weighted by atomic mass is 9.43. The molecule has 0 amide bonds. The summed E-state index contributed by atoms with van der Waals surface area (Å²) in [6.45, 7) is 2.55. The van der Waals surface area contributed by atoms with E-state index in [1.165, 1.54) is 38.5 Å². The predicted molar refractivity (Wildman–Crippen MR) is 94.3 cm³/mol. The summed E-state index contributed by atoms with van der Waals surface area (Å²) in [5.41, 5.74) is 0.779. The molecule has 5 aliphatic carbocycles. The predicted octanol–water partition coefficient (Wildman–Crippen LogP) is 4.52. The maximum atomic E-state index is 12.5. The summed E-state index contributed by atoms with van der Waals surface area (Å²) in [7, 11) is 0. The van der Waals surface area contributed by atoms with Crippen LogP contribution in [-0.4, -0.2) is 17.0 Å². The third-order valence-electron chi connectivity index (χ3n) is 9.48. The van der Waals surface area contributed by atoms with Crippen molar-refractivity contribution in [1.82, 2.24) is 0 Å². The van der Waals surface area contributed by atoms with Crippen molar-refractivity contribution in [1.29, 1.82) is 0 Å². The molecule has 1 N–H and O–H groups in total. The Balaban J connectivity index is 1.47. The second-order valence-corrected chi connectivity index (χ2v) is 10.00. The SMILES string of the molecule is C[C@]12CC[C@@H](O)C[C@H]1CCC1C3CC[C@@H]4C(=O)C=CC[C@]34CCC12. The molecule has 0 aromatic carbocycles. The highest BCUT2D eigenvalue weighted by Crippen LogP contribution is 2.69. The summed E-state index contributed by atoms with van der Waals surface area (Å²) in [4.78, 5) is 12.5. The first-order chi connectivity index (χ1) is 11.5. The van der Waals surface area contributed by atoms with Crippen LogP contribution in [0.2, 0.25) is 0 Å². The van der Waals surface area contributed by atoms with Gasteiger partial charge in [0, 0.05) is 5.92 Å². The van der Waals surface area contributed by atoms with Crippen LogP contribution in [0.15, 0.2) is 12.2 Å². The van der Waals surface area contributed by atoms with Gasteiger partial charge >= 0.3 is 0 Å². The number of ketones is 1. The van der Waals surface area contributed by atoms with Gasteiger partial charge in [0.1, 0.15) is 0 Å². The Hall–Kier alpha value is -0.630. The molecule has 0 heterocycles. The molecule has 24 heavy (non-hydrogen) atoms. The van der Waals surface area contributed by atoms with E-state index < -0.39 is 0 Å². The van der Waals surface area contributed by atoms with Gasteiger partial charge in [-0.05, 0) is 105 Å². The number of hydrogen-bond acceptors (Lipinski definition) is 2. The maximum Gasteiger partial charge on any atom is 0.159 e. The second-order valence-electron chi connectivity index (χ2n) is 10.00. The van der Waals surface area contributed by atoms with Crippen LogP contribution in [0.5, 0.6) is 0 Å².